The first kappa shape index (κ1) is 18.5. The maximum atomic E-state index is 2.36. The predicted octanol–water partition coefficient (Wildman–Crippen LogP) is 7.65. The molecular weight excluding hydrogens is 312 g/mol. The second-order valence-corrected chi connectivity index (χ2v) is 8.78. The van der Waals surface area contributed by atoms with Gasteiger partial charge in [-0.2, -0.15) is 0 Å². The van der Waals surface area contributed by atoms with E-state index in [-0.39, 0.29) is 10.8 Å². The van der Waals surface area contributed by atoms with Crippen LogP contribution < -0.4 is 0 Å². The van der Waals surface area contributed by atoms with Crippen molar-refractivity contribution in [3.63, 3.8) is 0 Å². The molecule has 0 saturated heterocycles. The van der Waals surface area contributed by atoms with Gasteiger partial charge in [0.25, 0.3) is 0 Å². The molecule has 0 unspecified atom stereocenters. The zero-order valence-corrected chi connectivity index (χ0v) is 16.9. The van der Waals surface area contributed by atoms with E-state index in [0.717, 1.165) is 0 Å². The van der Waals surface area contributed by atoms with E-state index >= 15 is 0 Å². The Bertz CT molecular complexity index is 907. The second-order valence-electron chi connectivity index (χ2n) is 8.78. The molecule has 0 spiro atoms. The standard InChI is InChI=1S/C26H30/c1-19-13-7-8-14-20(19)21-15-9-10-16-22(21)23-17-11-12-18-24(23)26(5,6)25(2,3)4/h7-18H,1-6H3. The van der Waals surface area contributed by atoms with Gasteiger partial charge in [0.05, 0.1) is 0 Å². The Hall–Kier alpha value is -2.34. The van der Waals surface area contributed by atoms with Gasteiger partial charge < -0.3 is 0 Å². The van der Waals surface area contributed by atoms with E-state index in [1.54, 1.807) is 0 Å². The van der Waals surface area contributed by atoms with Crippen LogP contribution in [0.1, 0.15) is 45.7 Å². The summed E-state index contributed by atoms with van der Waals surface area (Å²) in [6.45, 7) is 13.9. The highest BCUT2D eigenvalue weighted by Crippen LogP contribution is 2.46. The van der Waals surface area contributed by atoms with E-state index in [4.69, 9.17) is 0 Å². The summed E-state index contributed by atoms with van der Waals surface area (Å²) in [6.07, 6.45) is 0. The molecule has 26 heavy (non-hydrogen) atoms. The van der Waals surface area contributed by atoms with Crippen LogP contribution in [-0.4, -0.2) is 0 Å². The van der Waals surface area contributed by atoms with Gasteiger partial charge in [0.2, 0.25) is 0 Å². The van der Waals surface area contributed by atoms with Crippen molar-refractivity contribution in [1.29, 1.82) is 0 Å². The van der Waals surface area contributed by atoms with Gasteiger partial charge in [-0.1, -0.05) is 107 Å². The van der Waals surface area contributed by atoms with Gasteiger partial charge in [-0.3, -0.25) is 0 Å². The fourth-order valence-corrected chi connectivity index (χ4v) is 3.49. The Labute approximate surface area is 158 Å². The lowest BCUT2D eigenvalue weighted by Crippen LogP contribution is -2.34. The van der Waals surface area contributed by atoms with Crippen molar-refractivity contribution < 1.29 is 0 Å². The number of hydrogen-bond acceptors (Lipinski definition) is 0. The molecule has 0 aliphatic heterocycles. The summed E-state index contributed by atoms with van der Waals surface area (Å²) in [5.41, 5.74) is 8.22. The first-order valence-corrected chi connectivity index (χ1v) is 9.48. The quantitative estimate of drug-likeness (QED) is 0.458. The molecule has 3 rings (SSSR count). The van der Waals surface area contributed by atoms with Crippen molar-refractivity contribution in [1.82, 2.24) is 0 Å². The summed E-state index contributed by atoms with van der Waals surface area (Å²) >= 11 is 0. The molecule has 0 atom stereocenters. The fourth-order valence-electron chi connectivity index (χ4n) is 3.49. The normalized spacial score (nSPS) is 12.2. The van der Waals surface area contributed by atoms with E-state index in [1.165, 1.54) is 33.4 Å². The Kier molecular flexibility index (Phi) is 4.80. The molecule has 134 valence electrons. The summed E-state index contributed by atoms with van der Waals surface area (Å²) in [5, 5.41) is 0. The van der Waals surface area contributed by atoms with Crippen LogP contribution in [0.3, 0.4) is 0 Å². The molecular formula is C26H30. The summed E-state index contributed by atoms with van der Waals surface area (Å²) < 4.78 is 0. The van der Waals surface area contributed by atoms with E-state index in [1.807, 2.05) is 0 Å². The Morgan fingerprint density at radius 2 is 0.923 bits per heavy atom. The van der Waals surface area contributed by atoms with E-state index < -0.39 is 0 Å². The highest BCUT2D eigenvalue weighted by atomic mass is 14.4. The van der Waals surface area contributed by atoms with Crippen LogP contribution in [0, 0.1) is 12.3 Å². The van der Waals surface area contributed by atoms with Crippen molar-refractivity contribution in [2.75, 3.05) is 0 Å². The van der Waals surface area contributed by atoms with E-state index in [9.17, 15) is 0 Å². The molecule has 0 fully saturated rings. The maximum Gasteiger partial charge on any atom is -0.00489 e. The minimum atomic E-state index is 0.0580. The van der Waals surface area contributed by atoms with Crippen LogP contribution in [0.4, 0.5) is 0 Å². The average molecular weight is 343 g/mol. The minimum absolute atomic E-state index is 0.0580. The topological polar surface area (TPSA) is 0 Å². The highest BCUT2D eigenvalue weighted by molar-refractivity contribution is 5.86. The molecule has 0 aliphatic rings. The predicted molar refractivity (Wildman–Crippen MR) is 115 cm³/mol. The van der Waals surface area contributed by atoms with Crippen LogP contribution in [0.25, 0.3) is 22.3 Å². The third-order valence-electron chi connectivity index (χ3n) is 6.13. The number of benzene rings is 3. The van der Waals surface area contributed by atoms with Gasteiger partial charge in [-0.05, 0) is 51.1 Å². The van der Waals surface area contributed by atoms with Crippen LogP contribution in [-0.2, 0) is 5.41 Å². The number of rotatable bonds is 3. The van der Waals surface area contributed by atoms with Crippen molar-refractivity contribution in [2.24, 2.45) is 5.41 Å². The van der Waals surface area contributed by atoms with Crippen molar-refractivity contribution in [2.45, 2.75) is 47.0 Å². The zero-order chi connectivity index (χ0) is 18.9. The third kappa shape index (κ3) is 3.21. The Balaban J connectivity index is 2.27. The smallest absolute Gasteiger partial charge is 0.00489 e. The van der Waals surface area contributed by atoms with Gasteiger partial charge in [-0.25, -0.2) is 0 Å². The van der Waals surface area contributed by atoms with Gasteiger partial charge >= 0.3 is 0 Å². The number of hydrogen-bond donors (Lipinski definition) is 0. The van der Waals surface area contributed by atoms with E-state index in [0.29, 0.717) is 0 Å². The van der Waals surface area contributed by atoms with Crippen molar-refractivity contribution in [3.05, 3.63) is 83.9 Å². The molecule has 3 aromatic rings. The Morgan fingerprint density at radius 1 is 0.500 bits per heavy atom. The third-order valence-corrected chi connectivity index (χ3v) is 6.13. The first-order valence-electron chi connectivity index (χ1n) is 9.48. The van der Waals surface area contributed by atoms with Crippen LogP contribution in [0.5, 0.6) is 0 Å². The highest BCUT2D eigenvalue weighted by Gasteiger charge is 2.36. The van der Waals surface area contributed by atoms with Gasteiger partial charge in [0.15, 0.2) is 0 Å². The first-order chi connectivity index (χ1) is 12.2. The molecule has 0 aliphatic carbocycles. The molecule has 0 amide bonds. The molecule has 0 nitrogen and oxygen atoms in total. The maximum absolute atomic E-state index is 2.36. The molecule has 3 aromatic carbocycles. The summed E-state index contributed by atoms with van der Waals surface area (Å²) in [6, 6.07) is 26.4. The lowest BCUT2D eigenvalue weighted by molar-refractivity contribution is 0.226. The van der Waals surface area contributed by atoms with Gasteiger partial charge in [0.1, 0.15) is 0 Å². The molecule has 0 radical (unpaired) electrons. The van der Waals surface area contributed by atoms with Crippen LogP contribution >= 0.6 is 0 Å². The van der Waals surface area contributed by atoms with Crippen molar-refractivity contribution in [3.8, 4) is 22.3 Å². The molecule has 0 saturated carbocycles. The second kappa shape index (κ2) is 6.76. The average Bonchev–Trinajstić information content (AvgIpc) is 2.61. The summed E-state index contributed by atoms with van der Waals surface area (Å²) in [7, 11) is 0. The van der Waals surface area contributed by atoms with Crippen molar-refractivity contribution >= 4 is 0 Å². The van der Waals surface area contributed by atoms with Gasteiger partial charge in [0, 0.05) is 0 Å². The Morgan fingerprint density at radius 3 is 1.46 bits per heavy atom. The number of aryl methyl sites for hydroxylation is 1. The zero-order valence-electron chi connectivity index (χ0n) is 16.9. The fraction of sp³-hybridized carbons (Fsp3) is 0.308. The SMILES string of the molecule is Cc1ccccc1-c1ccccc1-c1ccccc1C(C)(C)C(C)(C)C. The monoisotopic (exact) mass is 342 g/mol. The molecule has 0 aromatic heterocycles. The van der Waals surface area contributed by atoms with E-state index in [2.05, 4.69) is 114 Å². The lowest BCUT2D eigenvalue weighted by atomic mass is 9.63. The summed E-state index contributed by atoms with van der Waals surface area (Å²) in [5.74, 6) is 0. The molecule has 0 heteroatoms. The summed E-state index contributed by atoms with van der Waals surface area (Å²) in [4.78, 5) is 0. The molecule has 0 N–H and O–H groups in total. The molecule has 0 bridgehead atoms. The van der Waals surface area contributed by atoms with Crippen LogP contribution in [0.2, 0.25) is 0 Å². The molecule has 0 heterocycles. The lowest BCUT2D eigenvalue weighted by Gasteiger charge is -2.41. The largest absolute Gasteiger partial charge is 0.0620 e. The van der Waals surface area contributed by atoms with Crippen LogP contribution in [0.15, 0.2) is 72.8 Å². The minimum Gasteiger partial charge on any atom is -0.0620 e. The van der Waals surface area contributed by atoms with Gasteiger partial charge in [-0.15, -0.1) is 0 Å².